The molecule has 0 bridgehead atoms. The van der Waals surface area contributed by atoms with Crippen molar-refractivity contribution in [2.45, 2.75) is 32.7 Å². The van der Waals surface area contributed by atoms with Crippen LogP contribution in [0.4, 0.5) is 0 Å². The third-order valence-electron chi connectivity index (χ3n) is 4.81. The number of fused-ring (bicyclic) bond motifs is 3. The molecule has 23 heavy (non-hydrogen) atoms. The first-order chi connectivity index (χ1) is 10.7. The highest BCUT2D eigenvalue weighted by Crippen LogP contribution is 2.40. The summed E-state index contributed by atoms with van der Waals surface area (Å²) in [6.45, 7) is 6.22. The molecule has 120 valence electrons. The number of hydrogen-bond donors (Lipinski definition) is 1. The van der Waals surface area contributed by atoms with Crippen molar-refractivity contribution < 1.29 is 9.90 Å². The average molecular weight is 333 g/mol. The number of rotatable bonds is 2. The van der Waals surface area contributed by atoms with E-state index in [-0.39, 0.29) is 17.0 Å². The highest BCUT2D eigenvalue weighted by Gasteiger charge is 2.38. The third kappa shape index (κ3) is 2.36. The zero-order valence-corrected chi connectivity index (χ0v) is 13.9. The Morgan fingerprint density at radius 2 is 2.13 bits per heavy atom. The van der Waals surface area contributed by atoms with Gasteiger partial charge in [0.05, 0.1) is 11.4 Å². The van der Waals surface area contributed by atoms with E-state index in [0.717, 1.165) is 5.56 Å². The van der Waals surface area contributed by atoms with Gasteiger partial charge in [0.2, 0.25) is 0 Å². The molecule has 0 aromatic carbocycles. The molecular weight excluding hydrogens is 316 g/mol. The Balaban J connectivity index is 2.39. The van der Waals surface area contributed by atoms with Crippen LogP contribution in [0.5, 0.6) is 0 Å². The molecule has 2 aromatic heterocycles. The zero-order valence-electron chi connectivity index (χ0n) is 13.1. The van der Waals surface area contributed by atoms with Crippen LogP contribution in [0.2, 0.25) is 5.15 Å². The normalized spacial score (nSPS) is 19.3. The molecule has 0 aliphatic carbocycles. The number of nitrogens with zero attached hydrogens (tertiary/aromatic N) is 2. The maximum atomic E-state index is 12.2. The second-order valence-corrected chi connectivity index (χ2v) is 6.83. The quantitative estimate of drug-likeness (QED) is 0.857. The van der Waals surface area contributed by atoms with Gasteiger partial charge in [-0.3, -0.25) is 4.79 Å². The summed E-state index contributed by atoms with van der Waals surface area (Å²) in [6, 6.07) is 5.01. The van der Waals surface area contributed by atoms with Gasteiger partial charge >= 0.3 is 5.97 Å². The van der Waals surface area contributed by atoms with Crippen LogP contribution in [0.25, 0.3) is 11.4 Å². The van der Waals surface area contributed by atoms with Crippen molar-refractivity contribution >= 4 is 17.6 Å². The van der Waals surface area contributed by atoms with Crippen LogP contribution in [0.1, 0.15) is 36.7 Å². The van der Waals surface area contributed by atoms with Crippen molar-refractivity contribution in [3.8, 4) is 11.4 Å². The van der Waals surface area contributed by atoms with Crippen molar-refractivity contribution in [2.24, 2.45) is 5.92 Å². The molecule has 5 nitrogen and oxygen atoms in total. The number of carboxylic acid groups (broad SMARTS) is 1. The van der Waals surface area contributed by atoms with Gasteiger partial charge in [-0.15, -0.1) is 0 Å². The lowest BCUT2D eigenvalue weighted by Gasteiger charge is -2.42. The minimum Gasteiger partial charge on any atom is -0.477 e. The van der Waals surface area contributed by atoms with Crippen LogP contribution in [-0.4, -0.2) is 20.6 Å². The van der Waals surface area contributed by atoms with E-state index in [9.17, 15) is 14.7 Å². The van der Waals surface area contributed by atoms with E-state index in [1.54, 1.807) is 6.07 Å². The Morgan fingerprint density at radius 1 is 1.43 bits per heavy atom. The van der Waals surface area contributed by atoms with Crippen LogP contribution in [0, 0.1) is 5.92 Å². The minimum absolute atomic E-state index is 0.230. The van der Waals surface area contributed by atoms with Crippen LogP contribution in [0.3, 0.4) is 0 Å². The SMILES string of the molecule is CC(C)C1(C)Cc2ccc(Cl)nc2-c2cc(=O)c(C(=O)O)cn21. The van der Waals surface area contributed by atoms with Crippen molar-refractivity contribution in [1.29, 1.82) is 0 Å². The summed E-state index contributed by atoms with van der Waals surface area (Å²) >= 11 is 6.01. The van der Waals surface area contributed by atoms with Gasteiger partial charge < -0.3 is 9.67 Å². The monoisotopic (exact) mass is 332 g/mol. The number of carboxylic acids is 1. The molecule has 0 amide bonds. The molecule has 0 spiro atoms. The number of carbonyl (C=O) groups is 1. The van der Waals surface area contributed by atoms with E-state index in [0.29, 0.717) is 23.0 Å². The predicted molar refractivity (Wildman–Crippen MR) is 88.1 cm³/mol. The third-order valence-corrected chi connectivity index (χ3v) is 5.02. The summed E-state index contributed by atoms with van der Waals surface area (Å²) in [4.78, 5) is 27.8. The summed E-state index contributed by atoms with van der Waals surface area (Å²) in [7, 11) is 0. The number of aromatic carboxylic acids is 1. The summed E-state index contributed by atoms with van der Waals surface area (Å²) < 4.78 is 1.87. The van der Waals surface area contributed by atoms with E-state index in [1.807, 2.05) is 10.6 Å². The summed E-state index contributed by atoms with van der Waals surface area (Å²) in [5.41, 5.74) is 1.16. The average Bonchev–Trinajstić information content (AvgIpc) is 2.47. The molecule has 6 heteroatoms. The summed E-state index contributed by atoms with van der Waals surface area (Å²) in [6.07, 6.45) is 2.13. The Morgan fingerprint density at radius 3 is 2.74 bits per heavy atom. The first-order valence-electron chi connectivity index (χ1n) is 7.40. The highest BCUT2D eigenvalue weighted by atomic mass is 35.5. The first kappa shape index (κ1) is 15.7. The van der Waals surface area contributed by atoms with Crippen molar-refractivity contribution in [3.05, 3.63) is 50.9 Å². The molecular formula is C17H17ClN2O3. The molecule has 3 rings (SSSR count). The molecule has 2 aromatic rings. The number of hydrogen-bond acceptors (Lipinski definition) is 3. The van der Waals surface area contributed by atoms with E-state index >= 15 is 0 Å². The van der Waals surface area contributed by atoms with Crippen molar-refractivity contribution in [3.63, 3.8) is 0 Å². The standard InChI is InChI=1S/C17H17ClN2O3/c1-9(2)17(3)7-10-4-5-14(18)19-15(10)12-6-13(21)11(16(22)23)8-20(12)17/h4-6,8-9H,7H2,1-3H3,(H,22,23). The molecule has 0 saturated carbocycles. The summed E-state index contributed by atoms with van der Waals surface area (Å²) in [5, 5.41) is 9.61. The van der Waals surface area contributed by atoms with Gasteiger partial charge in [0.15, 0.2) is 5.43 Å². The minimum atomic E-state index is -1.22. The van der Waals surface area contributed by atoms with Gasteiger partial charge in [0, 0.05) is 17.8 Å². The molecule has 0 radical (unpaired) electrons. The molecule has 1 aliphatic rings. The Labute approximate surface area is 138 Å². The lowest BCUT2D eigenvalue weighted by Crippen LogP contribution is -2.42. The van der Waals surface area contributed by atoms with Crippen molar-refractivity contribution in [1.82, 2.24) is 9.55 Å². The second kappa shape index (κ2) is 5.20. The molecule has 3 heterocycles. The van der Waals surface area contributed by atoms with Gasteiger partial charge in [-0.25, -0.2) is 9.78 Å². The Kier molecular flexibility index (Phi) is 3.56. The van der Waals surface area contributed by atoms with Gasteiger partial charge in [0.1, 0.15) is 10.7 Å². The number of halogens is 1. The second-order valence-electron chi connectivity index (χ2n) is 6.44. The van der Waals surface area contributed by atoms with Gasteiger partial charge in [-0.1, -0.05) is 31.5 Å². The molecule has 1 aliphatic heterocycles. The number of pyridine rings is 2. The smallest absolute Gasteiger partial charge is 0.341 e. The van der Waals surface area contributed by atoms with E-state index in [4.69, 9.17) is 11.6 Å². The summed E-state index contributed by atoms with van der Waals surface area (Å²) in [5.74, 6) is -0.990. The Bertz CT molecular complexity index is 873. The topological polar surface area (TPSA) is 72.2 Å². The van der Waals surface area contributed by atoms with E-state index < -0.39 is 11.4 Å². The molecule has 0 fully saturated rings. The lowest BCUT2D eigenvalue weighted by atomic mass is 9.78. The van der Waals surface area contributed by atoms with Gasteiger partial charge in [0.25, 0.3) is 0 Å². The molecule has 0 saturated heterocycles. The Hall–Kier alpha value is -2.14. The van der Waals surface area contributed by atoms with Crippen molar-refractivity contribution in [2.75, 3.05) is 0 Å². The molecule has 1 unspecified atom stereocenters. The molecule has 1 atom stereocenters. The first-order valence-corrected chi connectivity index (χ1v) is 7.78. The fourth-order valence-corrected chi connectivity index (χ4v) is 3.23. The lowest BCUT2D eigenvalue weighted by molar-refractivity contribution is 0.0693. The zero-order chi connectivity index (χ0) is 16.9. The number of aromatic nitrogens is 2. The van der Waals surface area contributed by atoms with Crippen LogP contribution in [-0.2, 0) is 12.0 Å². The fourth-order valence-electron chi connectivity index (χ4n) is 3.08. The largest absolute Gasteiger partial charge is 0.477 e. The maximum absolute atomic E-state index is 12.2. The maximum Gasteiger partial charge on any atom is 0.341 e. The van der Waals surface area contributed by atoms with Crippen LogP contribution < -0.4 is 5.43 Å². The highest BCUT2D eigenvalue weighted by molar-refractivity contribution is 6.29. The van der Waals surface area contributed by atoms with E-state index in [2.05, 4.69) is 25.8 Å². The predicted octanol–water partition coefficient (Wildman–Crippen LogP) is 3.19. The van der Waals surface area contributed by atoms with E-state index in [1.165, 1.54) is 12.3 Å². The van der Waals surface area contributed by atoms with Gasteiger partial charge in [-0.05, 0) is 30.9 Å². The fraction of sp³-hybridized carbons (Fsp3) is 0.353. The van der Waals surface area contributed by atoms with Crippen LogP contribution >= 0.6 is 11.6 Å². The van der Waals surface area contributed by atoms with Gasteiger partial charge in [-0.2, -0.15) is 0 Å². The van der Waals surface area contributed by atoms with Crippen LogP contribution in [0.15, 0.2) is 29.2 Å². The molecule has 1 N–H and O–H groups in total.